The second-order valence-electron chi connectivity index (χ2n) is 2.45. The lowest BCUT2D eigenvalue weighted by Crippen LogP contribution is -2.18. The van der Waals surface area contributed by atoms with E-state index in [0.717, 1.165) is 11.3 Å². The summed E-state index contributed by atoms with van der Waals surface area (Å²) >= 11 is 0. The van der Waals surface area contributed by atoms with Gasteiger partial charge in [-0.3, -0.25) is 9.63 Å². The van der Waals surface area contributed by atoms with E-state index < -0.39 is 0 Å². The summed E-state index contributed by atoms with van der Waals surface area (Å²) in [6, 6.07) is 7.52. The van der Waals surface area contributed by atoms with Crippen molar-refractivity contribution in [3.63, 3.8) is 0 Å². The van der Waals surface area contributed by atoms with Crippen molar-refractivity contribution in [2.75, 3.05) is 12.2 Å². The summed E-state index contributed by atoms with van der Waals surface area (Å²) in [5, 5.41) is 1.17. The van der Waals surface area contributed by atoms with Gasteiger partial charge in [-0.2, -0.15) is 5.06 Å². The van der Waals surface area contributed by atoms with Crippen molar-refractivity contribution < 1.29 is 9.63 Å². The number of nitrogens with zero attached hydrogens (tertiary/aromatic N) is 1. The Morgan fingerprint density at radius 1 is 1.50 bits per heavy atom. The molecule has 0 aromatic heterocycles. The molecule has 3 nitrogen and oxygen atoms in total. The van der Waals surface area contributed by atoms with E-state index in [-0.39, 0.29) is 0 Å². The van der Waals surface area contributed by atoms with Crippen LogP contribution in [0.1, 0.15) is 5.56 Å². The van der Waals surface area contributed by atoms with Crippen LogP contribution in [0.3, 0.4) is 0 Å². The molecule has 0 spiro atoms. The molecule has 0 unspecified atom stereocenters. The Morgan fingerprint density at radius 3 is 2.75 bits per heavy atom. The molecular formula is C9H11NO2. The Labute approximate surface area is 71.5 Å². The third-order valence-electron chi connectivity index (χ3n) is 1.55. The van der Waals surface area contributed by atoms with Gasteiger partial charge in [0.25, 0.3) is 0 Å². The predicted octanol–water partition coefficient (Wildman–Crippen LogP) is 1.52. The first-order valence-corrected chi connectivity index (χ1v) is 3.63. The van der Waals surface area contributed by atoms with Crippen LogP contribution in [0, 0.1) is 6.92 Å². The maximum atomic E-state index is 10.4. The van der Waals surface area contributed by atoms with Crippen molar-refractivity contribution in [3.8, 4) is 0 Å². The molecule has 1 aromatic carbocycles. The van der Waals surface area contributed by atoms with Crippen LogP contribution in [0.5, 0.6) is 0 Å². The average molecular weight is 165 g/mol. The molecule has 0 radical (unpaired) electrons. The van der Waals surface area contributed by atoms with Crippen LogP contribution in [0.4, 0.5) is 5.69 Å². The summed E-state index contributed by atoms with van der Waals surface area (Å²) in [5.74, 6) is 0. The highest BCUT2D eigenvalue weighted by Gasteiger charge is 2.01. The van der Waals surface area contributed by atoms with Gasteiger partial charge in [-0.05, 0) is 24.6 Å². The van der Waals surface area contributed by atoms with Crippen molar-refractivity contribution in [2.45, 2.75) is 6.92 Å². The zero-order valence-electron chi connectivity index (χ0n) is 7.15. The normalized spacial score (nSPS) is 9.50. The Bertz CT molecular complexity index is 273. The van der Waals surface area contributed by atoms with E-state index in [1.165, 1.54) is 12.2 Å². The van der Waals surface area contributed by atoms with Crippen molar-refractivity contribution in [3.05, 3.63) is 29.8 Å². The second-order valence-corrected chi connectivity index (χ2v) is 2.45. The Balaban J connectivity index is 2.93. The van der Waals surface area contributed by atoms with Crippen LogP contribution in [-0.4, -0.2) is 13.5 Å². The fraction of sp³-hybridized carbons (Fsp3) is 0.222. The fourth-order valence-electron chi connectivity index (χ4n) is 0.974. The Hall–Kier alpha value is -1.35. The van der Waals surface area contributed by atoms with Crippen molar-refractivity contribution in [1.29, 1.82) is 0 Å². The highest BCUT2D eigenvalue weighted by atomic mass is 16.7. The molecule has 0 saturated heterocycles. The maximum Gasteiger partial charge on any atom is 0.238 e. The summed E-state index contributed by atoms with van der Waals surface area (Å²) in [6.07, 6.45) is 0.634. The largest absolute Gasteiger partial charge is 0.276 e. The molecular weight excluding hydrogens is 154 g/mol. The quantitative estimate of drug-likeness (QED) is 0.502. The number of hydroxylamine groups is 1. The molecule has 0 fully saturated rings. The highest BCUT2D eigenvalue weighted by molar-refractivity contribution is 5.72. The Kier molecular flexibility index (Phi) is 2.82. The number of carbonyl (C=O) groups excluding carboxylic acids is 1. The van der Waals surface area contributed by atoms with Crippen molar-refractivity contribution in [2.24, 2.45) is 0 Å². The molecule has 0 bridgehead atoms. The minimum atomic E-state index is 0.634. The van der Waals surface area contributed by atoms with E-state index in [0.29, 0.717) is 6.41 Å². The van der Waals surface area contributed by atoms with E-state index in [1.807, 2.05) is 31.2 Å². The smallest absolute Gasteiger partial charge is 0.238 e. The van der Waals surface area contributed by atoms with E-state index >= 15 is 0 Å². The SMILES string of the molecule is CON(C=O)c1cccc(C)c1. The van der Waals surface area contributed by atoms with Crippen LogP contribution < -0.4 is 5.06 Å². The number of amides is 1. The third-order valence-corrected chi connectivity index (χ3v) is 1.55. The Morgan fingerprint density at radius 2 is 2.25 bits per heavy atom. The van der Waals surface area contributed by atoms with Gasteiger partial charge in [-0.15, -0.1) is 0 Å². The number of benzene rings is 1. The average Bonchev–Trinajstić information content (AvgIpc) is 2.07. The number of anilines is 1. The van der Waals surface area contributed by atoms with E-state index in [1.54, 1.807) is 0 Å². The molecule has 0 N–H and O–H groups in total. The lowest BCUT2D eigenvalue weighted by Gasteiger charge is -2.13. The van der Waals surface area contributed by atoms with Crippen LogP contribution in [0.2, 0.25) is 0 Å². The summed E-state index contributed by atoms with van der Waals surface area (Å²) in [6.45, 7) is 1.96. The molecule has 0 saturated carbocycles. The van der Waals surface area contributed by atoms with Crippen molar-refractivity contribution in [1.82, 2.24) is 0 Å². The molecule has 0 aliphatic carbocycles. The zero-order valence-corrected chi connectivity index (χ0v) is 7.15. The number of carbonyl (C=O) groups is 1. The first-order valence-electron chi connectivity index (χ1n) is 3.63. The summed E-state index contributed by atoms with van der Waals surface area (Å²) in [7, 11) is 1.46. The second kappa shape index (κ2) is 3.88. The molecule has 3 heteroatoms. The van der Waals surface area contributed by atoms with Crippen LogP contribution >= 0.6 is 0 Å². The van der Waals surface area contributed by atoms with E-state index in [9.17, 15) is 4.79 Å². The van der Waals surface area contributed by atoms with Gasteiger partial charge < -0.3 is 0 Å². The van der Waals surface area contributed by atoms with Crippen LogP contribution in [0.25, 0.3) is 0 Å². The summed E-state index contributed by atoms with van der Waals surface area (Å²) in [5.41, 5.74) is 1.84. The molecule has 0 heterocycles. The number of rotatable bonds is 3. The molecule has 1 amide bonds. The lowest BCUT2D eigenvalue weighted by molar-refractivity contribution is -0.112. The number of hydrogen-bond acceptors (Lipinski definition) is 2. The van der Waals surface area contributed by atoms with Gasteiger partial charge in [-0.1, -0.05) is 12.1 Å². The van der Waals surface area contributed by atoms with Crippen LogP contribution in [-0.2, 0) is 9.63 Å². The molecule has 1 aromatic rings. The van der Waals surface area contributed by atoms with E-state index in [2.05, 4.69) is 0 Å². The number of aryl methyl sites for hydroxylation is 1. The first kappa shape index (κ1) is 8.74. The lowest BCUT2D eigenvalue weighted by atomic mass is 10.2. The predicted molar refractivity (Wildman–Crippen MR) is 46.7 cm³/mol. The van der Waals surface area contributed by atoms with Crippen LogP contribution in [0.15, 0.2) is 24.3 Å². The summed E-state index contributed by atoms with van der Waals surface area (Å²) in [4.78, 5) is 15.3. The van der Waals surface area contributed by atoms with Crippen molar-refractivity contribution >= 4 is 12.1 Å². The molecule has 0 aliphatic heterocycles. The van der Waals surface area contributed by atoms with Gasteiger partial charge in [-0.25, -0.2) is 0 Å². The van der Waals surface area contributed by atoms with Gasteiger partial charge >= 0.3 is 0 Å². The standard InChI is InChI=1S/C9H11NO2/c1-8-4-3-5-9(6-8)10(7-11)12-2/h3-7H,1-2H3. The minimum absolute atomic E-state index is 0.634. The summed E-state index contributed by atoms with van der Waals surface area (Å²) < 4.78 is 0. The molecule has 0 atom stereocenters. The maximum absolute atomic E-state index is 10.4. The molecule has 1 rings (SSSR count). The van der Waals surface area contributed by atoms with Gasteiger partial charge in [0.05, 0.1) is 12.8 Å². The minimum Gasteiger partial charge on any atom is -0.276 e. The fourth-order valence-corrected chi connectivity index (χ4v) is 0.974. The molecule has 64 valence electrons. The zero-order chi connectivity index (χ0) is 8.97. The monoisotopic (exact) mass is 165 g/mol. The highest BCUT2D eigenvalue weighted by Crippen LogP contribution is 2.13. The molecule has 12 heavy (non-hydrogen) atoms. The third kappa shape index (κ3) is 1.83. The first-order chi connectivity index (χ1) is 5.77. The molecule has 0 aliphatic rings. The van der Waals surface area contributed by atoms with Gasteiger partial charge in [0.15, 0.2) is 0 Å². The van der Waals surface area contributed by atoms with Gasteiger partial charge in [0.1, 0.15) is 0 Å². The van der Waals surface area contributed by atoms with E-state index in [4.69, 9.17) is 4.84 Å². The van der Waals surface area contributed by atoms with Gasteiger partial charge in [0, 0.05) is 0 Å². The number of hydrogen-bond donors (Lipinski definition) is 0. The topological polar surface area (TPSA) is 29.5 Å². The van der Waals surface area contributed by atoms with Gasteiger partial charge in [0.2, 0.25) is 6.41 Å².